The van der Waals surface area contributed by atoms with Crippen molar-refractivity contribution < 1.29 is 4.79 Å². The molecule has 2 aromatic heterocycles. The summed E-state index contributed by atoms with van der Waals surface area (Å²) in [5.41, 5.74) is 1.92. The maximum absolute atomic E-state index is 13.7. The zero-order valence-corrected chi connectivity index (χ0v) is 19.5. The largest absolute Gasteiger partial charge is 0.311 e. The van der Waals surface area contributed by atoms with Gasteiger partial charge in [-0.1, -0.05) is 25.1 Å². The summed E-state index contributed by atoms with van der Waals surface area (Å²) in [4.78, 5) is 37.6. The molecule has 6 nitrogen and oxygen atoms in total. The summed E-state index contributed by atoms with van der Waals surface area (Å²) in [5, 5.41) is 0.727. The van der Waals surface area contributed by atoms with Gasteiger partial charge in [0.1, 0.15) is 17.2 Å². The smallest absolute Gasteiger partial charge is 0.263 e. The van der Waals surface area contributed by atoms with E-state index in [2.05, 4.69) is 6.92 Å². The van der Waals surface area contributed by atoms with Gasteiger partial charge in [0.2, 0.25) is 5.91 Å². The molecule has 0 saturated carbocycles. The second kappa shape index (κ2) is 8.93. The Morgan fingerprint density at radius 1 is 1.26 bits per heavy atom. The first-order valence-corrected chi connectivity index (χ1v) is 11.7. The third-order valence-corrected chi connectivity index (χ3v) is 7.08. The van der Waals surface area contributed by atoms with E-state index in [1.54, 1.807) is 20.8 Å². The first-order chi connectivity index (χ1) is 14.9. The number of benzene rings is 1. The highest BCUT2D eigenvalue weighted by atomic mass is 32.1. The highest BCUT2D eigenvalue weighted by Crippen LogP contribution is 2.35. The Morgan fingerprint density at radius 3 is 2.68 bits per heavy atom. The van der Waals surface area contributed by atoms with E-state index in [0.29, 0.717) is 24.8 Å². The van der Waals surface area contributed by atoms with Gasteiger partial charge in [0.05, 0.1) is 11.9 Å². The average Bonchev–Trinajstić information content (AvgIpc) is 3.09. The highest BCUT2D eigenvalue weighted by molar-refractivity contribution is 7.18. The van der Waals surface area contributed by atoms with Crippen molar-refractivity contribution in [1.82, 2.24) is 14.5 Å². The molecule has 3 aromatic rings. The van der Waals surface area contributed by atoms with E-state index in [1.165, 1.54) is 4.88 Å². The zero-order valence-electron chi connectivity index (χ0n) is 18.7. The van der Waals surface area contributed by atoms with Crippen molar-refractivity contribution in [3.05, 3.63) is 57.0 Å². The molecule has 1 unspecified atom stereocenters. The number of carbonyl (C=O) groups excluding carboxylic acids is 1. The van der Waals surface area contributed by atoms with Crippen LogP contribution in [0.4, 0.5) is 5.69 Å². The fourth-order valence-corrected chi connectivity index (χ4v) is 5.76. The Kier molecular flexibility index (Phi) is 6.25. The summed E-state index contributed by atoms with van der Waals surface area (Å²) >= 11 is 1.66. The normalized spacial score (nSPS) is 16.0. The van der Waals surface area contributed by atoms with E-state index in [4.69, 9.17) is 4.98 Å². The summed E-state index contributed by atoms with van der Waals surface area (Å²) < 4.78 is 1.60. The number of hydrogen-bond donors (Lipinski definition) is 0. The van der Waals surface area contributed by atoms with Crippen LogP contribution in [0, 0.1) is 5.92 Å². The quantitative estimate of drug-likeness (QED) is 0.589. The molecule has 1 atom stereocenters. The lowest BCUT2D eigenvalue weighted by Gasteiger charge is -2.23. The molecular weight excluding hydrogens is 408 g/mol. The number of fused-ring (bicyclic) bond motifs is 3. The van der Waals surface area contributed by atoms with E-state index >= 15 is 0 Å². The molecule has 1 amide bonds. The van der Waals surface area contributed by atoms with Gasteiger partial charge in [0.25, 0.3) is 5.56 Å². The molecular formula is C24H30N4O2S. The highest BCUT2D eigenvalue weighted by Gasteiger charge is 2.26. The fourth-order valence-electron chi connectivity index (χ4n) is 4.36. The SMILES string of the molecule is CCN(C(=O)Cn1c(CN(C)C)nc2sc3c(c2c1=O)CCC(C)C3)c1ccccc1. The van der Waals surface area contributed by atoms with E-state index in [-0.39, 0.29) is 18.0 Å². The second-order valence-electron chi connectivity index (χ2n) is 8.66. The summed E-state index contributed by atoms with van der Waals surface area (Å²) in [5.74, 6) is 1.18. The maximum Gasteiger partial charge on any atom is 0.263 e. The lowest BCUT2D eigenvalue weighted by Crippen LogP contribution is -2.38. The number of aromatic nitrogens is 2. The van der Waals surface area contributed by atoms with Gasteiger partial charge in [-0.25, -0.2) is 4.98 Å². The third kappa shape index (κ3) is 4.29. The van der Waals surface area contributed by atoms with Crippen LogP contribution in [0.2, 0.25) is 0 Å². The molecule has 0 radical (unpaired) electrons. The van der Waals surface area contributed by atoms with Crippen molar-refractivity contribution in [2.45, 2.75) is 46.2 Å². The summed E-state index contributed by atoms with van der Waals surface area (Å²) in [6, 6.07) is 9.60. The lowest BCUT2D eigenvalue weighted by atomic mass is 9.89. The summed E-state index contributed by atoms with van der Waals surface area (Å²) in [7, 11) is 3.90. The standard InChI is InChI=1S/C24H30N4O2S/c1-5-27(17-9-7-6-8-10-17)21(29)15-28-20(14-26(3)4)25-23-22(24(28)30)18-12-11-16(2)13-19(18)31-23/h6-10,16H,5,11-15H2,1-4H3. The molecule has 164 valence electrons. The molecule has 0 fully saturated rings. The van der Waals surface area contributed by atoms with Gasteiger partial charge in [-0.2, -0.15) is 0 Å². The van der Waals surface area contributed by atoms with Crippen LogP contribution in [0.5, 0.6) is 0 Å². The minimum atomic E-state index is -0.102. The van der Waals surface area contributed by atoms with E-state index in [0.717, 1.165) is 40.7 Å². The van der Waals surface area contributed by atoms with Gasteiger partial charge in [-0.05, 0) is 63.9 Å². The van der Waals surface area contributed by atoms with Crippen molar-refractivity contribution in [3.8, 4) is 0 Å². The summed E-state index contributed by atoms with van der Waals surface area (Å²) in [6.45, 7) is 5.26. The number of thiophene rings is 1. The number of likely N-dealkylation sites (N-methyl/N-ethyl adjacent to an activating group) is 1. The number of rotatable bonds is 6. The molecule has 0 aliphatic heterocycles. The number of anilines is 1. The van der Waals surface area contributed by atoms with Crippen LogP contribution >= 0.6 is 11.3 Å². The minimum absolute atomic E-state index is 0.00525. The Labute approximate surface area is 187 Å². The van der Waals surface area contributed by atoms with Gasteiger partial charge >= 0.3 is 0 Å². The van der Waals surface area contributed by atoms with Crippen LogP contribution in [0.25, 0.3) is 10.2 Å². The Balaban J connectivity index is 1.79. The number of para-hydroxylation sites is 1. The van der Waals surface area contributed by atoms with Crippen LogP contribution < -0.4 is 10.5 Å². The van der Waals surface area contributed by atoms with Crippen LogP contribution in [-0.4, -0.2) is 41.0 Å². The number of carbonyl (C=O) groups is 1. The number of nitrogens with zero attached hydrogens (tertiary/aromatic N) is 4. The van der Waals surface area contributed by atoms with E-state index in [9.17, 15) is 9.59 Å². The molecule has 2 heterocycles. The van der Waals surface area contributed by atoms with Crippen molar-refractivity contribution in [2.75, 3.05) is 25.5 Å². The van der Waals surface area contributed by atoms with Gasteiger partial charge in [0, 0.05) is 17.1 Å². The van der Waals surface area contributed by atoms with Crippen molar-refractivity contribution >= 4 is 33.1 Å². The monoisotopic (exact) mass is 438 g/mol. The van der Waals surface area contributed by atoms with Gasteiger partial charge in [-0.15, -0.1) is 11.3 Å². The van der Waals surface area contributed by atoms with E-state index < -0.39 is 0 Å². The first-order valence-electron chi connectivity index (χ1n) is 10.9. The molecule has 1 aliphatic rings. The Hall–Kier alpha value is -2.51. The fraction of sp³-hybridized carbons (Fsp3) is 0.458. The molecule has 0 spiro atoms. The van der Waals surface area contributed by atoms with Crippen LogP contribution in [0.15, 0.2) is 35.1 Å². The van der Waals surface area contributed by atoms with Crippen LogP contribution in [0.3, 0.4) is 0 Å². The van der Waals surface area contributed by atoms with Crippen molar-refractivity contribution in [1.29, 1.82) is 0 Å². The predicted octanol–water partition coefficient (Wildman–Crippen LogP) is 3.70. The average molecular weight is 439 g/mol. The topological polar surface area (TPSA) is 58.4 Å². The third-order valence-electron chi connectivity index (χ3n) is 5.93. The molecule has 0 saturated heterocycles. The van der Waals surface area contributed by atoms with Gasteiger partial charge in [0.15, 0.2) is 0 Å². The number of hydrogen-bond acceptors (Lipinski definition) is 5. The molecule has 0 bridgehead atoms. The number of amides is 1. The Morgan fingerprint density at radius 2 is 2.00 bits per heavy atom. The number of aryl methyl sites for hydroxylation is 1. The maximum atomic E-state index is 13.7. The molecule has 1 aliphatic carbocycles. The Bertz CT molecular complexity index is 1150. The van der Waals surface area contributed by atoms with Gasteiger partial charge < -0.3 is 9.80 Å². The zero-order chi connectivity index (χ0) is 22.1. The van der Waals surface area contributed by atoms with Crippen LogP contribution in [-0.2, 0) is 30.7 Å². The van der Waals surface area contributed by atoms with Crippen LogP contribution in [0.1, 0.15) is 36.5 Å². The molecule has 7 heteroatoms. The summed E-state index contributed by atoms with van der Waals surface area (Å²) in [6.07, 6.45) is 3.02. The second-order valence-corrected chi connectivity index (χ2v) is 9.75. The molecule has 0 N–H and O–H groups in total. The predicted molar refractivity (Wildman–Crippen MR) is 127 cm³/mol. The van der Waals surface area contributed by atoms with Crippen molar-refractivity contribution in [3.63, 3.8) is 0 Å². The first kappa shape index (κ1) is 21.7. The molecule has 1 aromatic carbocycles. The lowest BCUT2D eigenvalue weighted by molar-refractivity contribution is -0.119. The minimum Gasteiger partial charge on any atom is -0.311 e. The van der Waals surface area contributed by atoms with Crippen molar-refractivity contribution in [2.24, 2.45) is 5.92 Å². The van der Waals surface area contributed by atoms with E-state index in [1.807, 2.05) is 56.3 Å². The molecule has 4 rings (SSSR count). The molecule has 31 heavy (non-hydrogen) atoms. The van der Waals surface area contributed by atoms with Gasteiger partial charge in [-0.3, -0.25) is 14.2 Å².